The molecule has 5 nitrogen and oxygen atoms in total. The van der Waals surface area contributed by atoms with Crippen LogP contribution in [-0.2, 0) is 9.68 Å². The van der Waals surface area contributed by atoms with E-state index in [0.717, 1.165) is 5.69 Å². The quantitative estimate of drug-likeness (QED) is 0.687. The maximum atomic E-state index is 5.54. The van der Waals surface area contributed by atoms with E-state index in [1.165, 1.54) is 5.06 Å². The average molecular weight is 179 g/mol. The van der Waals surface area contributed by atoms with E-state index in [1.807, 2.05) is 30.3 Å². The summed E-state index contributed by atoms with van der Waals surface area (Å²) < 4.78 is 0. The van der Waals surface area contributed by atoms with E-state index in [2.05, 4.69) is 9.99 Å². The Morgan fingerprint density at radius 2 is 2.08 bits per heavy atom. The fourth-order valence-corrected chi connectivity index (χ4v) is 1.04. The molecule has 2 N–H and O–H groups in total. The van der Waals surface area contributed by atoms with Gasteiger partial charge in [-0.2, -0.15) is 5.06 Å². The molecule has 68 valence electrons. The first kappa shape index (κ1) is 7.88. The number of nitrogens with two attached hydrogens (primary N) is 1. The van der Waals surface area contributed by atoms with Gasteiger partial charge in [-0.25, -0.2) is 4.84 Å². The zero-order valence-corrected chi connectivity index (χ0v) is 6.88. The van der Waals surface area contributed by atoms with Crippen molar-refractivity contribution in [3.63, 3.8) is 0 Å². The van der Waals surface area contributed by atoms with Crippen molar-refractivity contribution in [2.45, 2.75) is 0 Å². The summed E-state index contributed by atoms with van der Waals surface area (Å²) in [6.07, 6.45) is 0. The van der Waals surface area contributed by atoms with Gasteiger partial charge in [-0.1, -0.05) is 18.2 Å². The van der Waals surface area contributed by atoms with Gasteiger partial charge in [0.2, 0.25) is 6.79 Å². The standard InChI is InChI=1S/C8H9N3O2/c9-8-10-12-6-13-11(8)7-4-2-1-3-5-7/h1-5H,6H2,(H2,9,10). The van der Waals surface area contributed by atoms with Gasteiger partial charge in [0.25, 0.3) is 5.96 Å². The van der Waals surface area contributed by atoms with E-state index < -0.39 is 0 Å². The second kappa shape index (κ2) is 3.32. The van der Waals surface area contributed by atoms with Gasteiger partial charge in [0, 0.05) is 0 Å². The summed E-state index contributed by atoms with van der Waals surface area (Å²) in [7, 11) is 0. The SMILES string of the molecule is NC1=NOCON1c1ccccc1. The van der Waals surface area contributed by atoms with Crippen LogP contribution in [0.4, 0.5) is 5.69 Å². The number of hydrogen-bond acceptors (Lipinski definition) is 5. The molecule has 0 unspecified atom stereocenters. The number of para-hydroxylation sites is 1. The van der Waals surface area contributed by atoms with E-state index >= 15 is 0 Å². The summed E-state index contributed by atoms with van der Waals surface area (Å²) >= 11 is 0. The van der Waals surface area contributed by atoms with Crippen LogP contribution in [0, 0.1) is 0 Å². The van der Waals surface area contributed by atoms with Crippen LogP contribution in [0.3, 0.4) is 0 Å². The van der Waals surface area contributed by atoms with E-state index in [-0.39, 0.29) is 12.8 Å². The lowest BCUT2D eigenvalue weighted by Crippen LogP contribution is -2.40. The summed E-state index contributed by atoms with van der Waals surface area (Å²) in [5.41, 5.74) is 6.36. The molecular formula is C8H9N3O2. The van der Waals surface area contributed by atoms with Crippen LogP contribution in [0.25, 0.3) is 0 Å². The third kappa shape index (κ3) is 1.54. The molecule has 0 amide bonds. The highest BCUT2D eigenvalue weighted by atomic mass is 16.8. The molecule has 2 rings (SSSR count). The van der Waals surface area contributed by atoms with Crippen LogP contribution < -0.4 is 10.8 Å². The maximum Gasteiger partial charge on any atom is 0.262 e. The molecule has 0 aromatic heterocycles. The van der Waals surface area contributed by atoms with Gasteiger partial charge in [0.15, 0.2) is 0 Å². The number of nitrogens with zero attached hydrogens (tertiary/aromatic N) is 2. The highest BCUT2D eigenvalue weighted by Crippen LogP contribution is 2.14. The van der Waals surface area contributed by atoms with Gasteiger partial charge < -0.3 is 10.6 Å². The van der Waals surface area contributed by atoms with Gasteiger partial charge >= 0.3 is 0 Å². The van der Waals surface area contributed by atoms with Crippen LogP contribution in [0.2, 0.25) is 0 Å². The van der Waals surface area contributed by atoms with Gasteiger partial charge in [0.05, 0.1) is 5.69 Å². The van der Waals surface area contributed by atoms with E-state index in [1.54, 1.807) is 0 Å². The molecular weight excluding hydrogens is 170 g/mol. The minimum atomic E-state index is 0.0790. The smallest absolute Gasteiger partial charge is 0.262 e. The molecule has 1 aromatic rings. The first-order chi connectivity index (χ1) is 6.38. The molecule has 0 saturated carbocycles. The predicted molar refractivity (Wildman–Crippen MR) is 47.6 cm³/mol. The lowest BCUT2D eigenvalue weighted by Gasteiger charge is -2.24. The molecule has 13 heavy (non-hydrogen) atoms. The normalized spacial score (nSPS) is 16.3. The second-order valence-electron chi connectivity index (χ2n) is 2.46. The molecule has 0 bridgehead atoms. The molecule has 1 aromatic carbocycles. The number of anilines is 1. The van der Waals surface area contributed by atoms with Crippen molar-refractivity contribution < 1.29 is 9.68 Å². The minimum Gasteiger partial charge on any atom is -0.365 e. The van der Waals surface area contributed by atoms with Crippen LogP contribution in [0.1, 0.15) is 0 Å². The van der Waals surface area contributed by atoms with Crippen LogP contribution in [-0.4, -0.2) is 12.8 Å². The number of oxime groups is 1. The van der Waals surface area contributed by atoms with Crippen molar-refractivity contribution in [1.29, 1.82) is 0 Å². The molecule has 0 radical (unpaired) electrons. The molecule has 0 atom stereocenters. The summed E-state index contributed by atoms with van der Waals surface area (Å²) in [5, 5.41) is 5.00. The summed E-state index contributed by atoms with van der Waals surface area (Å²) in [4.78, 5) is 9.76. The Morgan fingerprint density at radius 1 is 1.31 bits per heavy atom. The number of hydrogen-bond donors (Lipinski definition) is 1. The molecule has 1 heterocycles. The second-order valence-corrected chi connectivity index (χ2v) is 2.46. The van der Waals surface area contributed by atoms with Gasteiger partial charge in [0.1, 0.15) is 0 Å². The highest BCUT2D eigenvalue weighted by molar-refractivity contribution is 5.92. The number of rotatable bonds is 1. The van der Waals surface area contributed by atoms with Crippen molar-refractivity contribution in [3.8, 4) is 0 Å². The lowest BCUT2D eigenvalue weighted by atomic mass is 10.3. The Labute approximate surface area is 75.3 Å². The molecule has 5 heteroatoms. The van der Waals surface area contributed by atoms with Crippen molar-refractivity contribution in [1.82, 2.24) is 0 Å². The Hall–Kier alpha value is -1.75. The number of hydroxylamine groups is 1. The van der Waals surface area contributed by atoms with Crippen molar-refractivity contribution in [2.75, 3.05) is 11.9 Å². The number of guanidine groups is 1. The first-order valence-corrected chi connectivity index (χ1v) is 3.81. The van der Waals surface area contributed by atoms with Crippen molar-refractivity contribution in [3.05, 3.63) is 30.3 Å². The van der Waals surface area contributed by atoms with E-state index in [0.29, 0.717) is 0 Å². The summed E-state index contributed by atoms with van der Waals surface area (Å²) in [6, 6.07) is 9.43. The van der Waals surface area contributed by atoms with E-state index in [9.17, 15) is 0 Å². The molecule has 0 aliphatic carbocycles. The van der Waals surface area contributed by atoms with Crippen LogP contribution >= 0.6 is 0 Å². The Bertz CT molecular complexity index is 312. The zero-order valence-electron chi connectivity index (χ0n) is 6.88. The third-order valence-electron chi connectivity index (χ3n) is 1.59. The minimum absolute atomic E-state index is 0.0790. The maximum absolute atomic E-state index is 5.54. The summed E-state index contributed by atoms with van der Waals surface area (Å²) in [5.74, 6) is 0.192. The van der Waals surface area contributed by atoms with Gasteiger partial charge in [-0.05, 0) is 17.3 Å². The Morgan fingerprint density at radius 3 is 2.77 bits per heavy atom. The molecule has 1 aliphatic heterocycles. The fraction of sp³-hybridized carbons (Fsp3) is 0.125. The topological polar surface area (TPSA) is 60.1 Å². The van der Waals surface area contributed by atoms with Crippen molar-refractivity contribution >= 4 is 11.6 Å². The third-order valence-corrected chi connectivity index (χ3v) is 1.59. The molecule has 0 saturated heterocycles. The van der Waals surface area contributed by atoms with Gasteiger partial charge in [-0.15, -0.1) is 0 Å². The monoisotopic (exact) mass is 179 g/mol. The first-order valence-electron chi connectivity index (χ1n) is 3.81. The lowest BCUT2D eigenvalue weighted by molar-refractivity contribution is -0.0684. The van der Waals surface area contributed by atoms with Gasteiger partial charge in [-0.3, -0.25) is 0 Å². The highest BCUT2D eigenvalue weighted by Gasteiger charge is 2.15. The molecule has 0 fully saturated rings. The molecule has 0 spiro atoms. The molecule has 1 aliphatic rings. The number of benzene rings is 1. The predicted octanol–water partition coefficient (Wildman–Crippen LogP) is 0.642. The van der Waals surface area contributed by atoms with Crippen molar-refractivity contribution in [2.24, 2.45) is 10.9 Å². The van der Waals surface area contributed by atoms with E-state index in [4.69, 9.17) is 10.6 Å². The fourth-order valence-electron chi connectivity index (χ4n) is 1.04. The summed E-state index contributed by atoms with van der Waals surface area (Å²) in [6.45, 7) is 0.0790. The van der Waals surface area contributed by atoms with Crippen LogP contribution in [0.15, 0.2) is 35.5 Å². The average Bonchev–Trinajstić information content (AvgIpc) is 2.20. The van der Waals surface area contributed by atoms with Crippen LogP contribution in [0.5, 0.6) is 0 Å². The zero-order chi connectivity index (χ0) is 9.10. The largest absolute Gasteiger partial charge is 0.365 e. The Balaban J connectivity index is 2.26. The Kier molecular flexibility index (Phi) is 2.01.